The summed E-state index contributed by atoms with van der Waals surface area (Å²) in [5.41, 5.74) is -0.0211. The van der Waals surface area contributed by atoms with Gasteiger partial charge in [0.15, 0.2) is 0 Å². The Balaban J connectivity index is 3.26. The van der Waals surface area contributed by atoms with Crippen LogP contribution in [0.1, 0.15) is 23.6 Å². The van der Waals surface area contributed by atoms with Crippen molar-refractivity contribution in [1.82, 2.24) is 0 Å². The molecule has 0 radical (unpaired) electrons. The van der Waals surface area contributed by atoms with Crippen molar-refractivity contribution in [2.45, 2.75) is 25.9 Å². The standard InChI is InChI=1S/C12H12BrF3O/c1-2-8-4-3-5-11(12(14,15)16)10(8)6-9(17)7-13/h3-5H,2,6-7H2,1H3. The van der Waals surface area contributed by atoms with E-state index in [-0.39, 0.29) is 23.1 Å². The van der Waals surface area contributed by atoms with Gasteiger partial charge in [0.25, 0.3) is 0 Å². The summed E-state index contributed by atoms with van der Waals surface area (Å²) < 4.78 is 38.4. The molecule has 0 aliphatic rings. The zero-order valence-electron chi connectivity index (χ0n) is 9.27. The number of Topliss-reactive ketones (excluding diaryl/α,β-unsaturated/α-hetero) is 1. The first kappa shape index (κ1) is 14.2. The van der Waals surface area contributed by atoms with E-state index in [2.05, 4.69) is 15.9 Å². The highest BCUT2D eigenvalue weighted by Gasteiger charge is 2.34. The average molecular weight is 309 g/mol. The van der Waals surface area contributed by atoms with Gasteiger partial charge < -0.3 is 0 Å². The van der Waals surface area contributed by atoms with Crippen LogP contribution in [0, 0.1) is 0 Å². The Hall–Kier alpha value is -0.840. The van der Waals surface area contributed by atoms with Gasteiger partial charge in [-0.05, 0) is 23.6 Å². The topological polar surface area (TPSA) is 17.1 Å². The molecular weight excluding hydrogens is 297 g/mol. The van der Waals surface area contributed by atoms with Crippen LogP contribution in [0.4, 0.5) is 13.2 Å². The molecule has 1 aromatic carbocycles. The molecule has 0 fully saturated rings. The zero-order valence-corrected chi connectivity index (χ0v) is 10.9. The zero-order chi connectivity index (χ0) is 13.1. The first-order valence-corrected chi connectivity index (χ1v) is 6.28. The summed E-state index contributed by atoms with van der Waals surface area (Å²) in [4.78, 5) is 11.3. The number of aryl methyl sites for hydroxylation is 1. The van der Waals surface area contributed by atoms with Crippen LogP contribution in [0.3, 0.4) is 0 Å². The molecule has 1 nitrogen and oxygen atoms in total. The SMILES string of the molecule is CCc1cccc(C(F)(F)F)c1CC(=O)CBr. The number of hydrogen-bond donors (Lipinski definition) is 0. The monoisotopic (exact) mass is 308 g/mol. The number of benzene rings is 1. The van der Waals surface area contributed by atoms with Crippen molar-refractivity contribution in [1.29, 1.82) is 0 Å². The summed E-state index contributed by atoms with van der Waals surface area (Å²) in [6, 6.07) is 4.03. The predicted molar refractivity (Wildman–Crippen MR) is 63.3 cm³/mol. The van der Waals surface area contributed by atoms with Gasteiger partial charge in [0.05, 0.1) is 10.9 Å². The first-order chi connectivity index (χ1) is 7.90. The molecule has 17 heavy (non-hydrogen) atoms. The molecule has 0 aromatic heterocycles. The second-order valence-corrected chi connectivity index (χ2v) is 4.20. The average Bonchev–Trinajstić information content (AvgIpc) is 2.27. The molecular formula is C12H12BrF3O. The van der Waals surface area contributed by atoms with E-state index in [9.17, 15) is 18.0 Å². The van der Waals surface area contributed by atoms with Crippen LogP contribution >= 0.6 is 15.9 Å². The summed E-state index contributed by atoms with van der Waals surface area (Å²) in [6.45, 7) is 1.78. The molecule has 0 saturated carbocycles. The van der Waals surface area contributed by atoms with Crippen LogP contribution in [0.5, 0.6) is 0 Å². The number of carbonyl (C=O) groups excluding carboxylic acids is 1. The van der Waals surface area contributed by atoms with E-state index in [0.717, 1.165) is 6.07 Å². The minimum absolute atomic E-state index is 0.0718. The Morgan fingerprint density at radius 2 is 2.00 bits per heavy atom. The summed E-state index contributed by atoms with van der Waals surface area (Å²) in [5, 5.41) is 0.0718. The highest BCUT2D eigenvalue weighted by atomic mass is 79.9. The number of carbonyl (C=O) groups is 1. The van der Waals surface area contributed by atoms with E-state index in [1.165, 1.54) is 6.07 Å². The fraction of sp³-hybridized carbons (Fsp3) is 0.417. The summed E-state index contributed by atoms with van der Waals surface area (Å²) in [6.07, 6.45) is -4.11. The minimum Gasteiger partial charge on any atom is -0.298 e. The largest absolute Gasteiger partial charge is 0.416 e. The van der Waals surface area contributed by atoms with Crippen molar-refractivity contribution in [3.8, 4) is 0 Å². The van der Waals surface area contributed by atoms with E-state index in [1.807, 2.05) is 0 Å². The van der Waals surface area contributed by atoms with Crippen LogP contribution in [-0.4, -0.2) is 11.1 Å². The third kappa shape index (κ3) is 3.56. The quantitative estimate of drug-likeness (QED) is 0.774. The molecule has 94 valence electrons. The Kier molecular flexibility index (Phi) is 4.74. The lowest BCUT2D eigenvalue weighted by molar-refractivity contribution is -0.138. The molecule has 1 rings (SSSR count). The summed E-state index contributed by atoms with van der Waals surface area (Å²) in [5.74, 6) is -0.253. The number of alkyl halides is 4. The third-order valence-electron chi connectivity index (χ3n) is 2.48. The van der Waals surface area contributed by atoms with Crippen molar-refractivity contribution in [3.63, 3.8) is 0 Å². The highest BCUT2D eigenvalue weighted by Crippen LogP contribution is 2.34. The maximum absolute atomic E-state index is 12.8. The lowest BCUT2D eigenvalue weighted by atomic mass is 9.95. The van der Waals surface area contributed by atoms with E-state index >= 15 is 0 Å². The second-order valence-electron chi connectivity index (χ2n) is 3.64. The number of ketones is 1. The number of halogens is 4. The highest BCUT2D eigenvalue weighted by molar-refractivity contribution is 9.09. The minimum atomic E-state index is -4.41. The molecule has 0 aliphatic heterocycles. The normalized spacial score (nSPS) is 11.6. The maximum Gasteiger partial charge on any atom is 0.416 e. The Morgan fingerprint density at radius 1 is 1.35 bits per heavy atom. The Morgan fingerprint density at radius 3 is 2.47 bits per heavy atom. The van der Waals surface area contributed by atoms with Crippen molar-refractivity contribution in [2.24, 2.45) is 0 Å². The van der Waals surface area contributed by atoms with Crippen molar-refractivity contribution in [3.05, 3.63) is 34.9 Å². The number of hydrogen-bond acceptors (Lipinski definition) is 1. The van der Waals surface area contributed by atoms with Crippen LogP contribution in [-0.2, 0) is 23.8 Å². The molecule has 0 spiro atoms. The predicted octanol–water partition coefficient (Wildman–Crippen LogP) is 3.77. The van der Waals surface area contributed by atoms with Crippen LogP contribution in [0.15, 0.2) is 18.2 Å². The molecule has 5 heteroatoms. The molecule has 0 N–H and O–H groups in total. The van der Waals surface area contributed by atoms with Crippen molar-refractivity contribution < 1.29 is 18.0 Å². The van der Waals surface area contributed by atoms with E-state index < -0.39 is 11.7 Å². The lowest BCUT2D eigenvalue weighted by Gasteiger charge is -2.15. The molecule has 0 aliphatic carbocycles. The van der Waals surface area contributed by atoms with Gasteiger partial charge in [-0.2, -0.15) is 13.2 Å². The summed E-state index contributed by atoms with van der Waals surface area (Å²) >= 11 is 2.96. The van der Waals surface area contributed by atoms with Gasteiger partial charge in [-0.15, -0.1) is 0 Å². The smallest absolute Gasteiger partial charge is 0.298 e. The van der Waals surface area contributed by atoms with Gasteiger partial charge in [0, 0.05) is 6.42 Å². The van der Waals surface area contributed by atoms with Crippen LogP contribution in [0.25, 0.3) is 0 Å². The van der Waals surface area contributed by atoms with Gasteiger partial charge in [0.1, 0.15) is 5.78 Å². The molecule has 0 atom stereocenters. The van der Waals surface area contributed by atoms with E-state index in [4.69, 9.17) is 0 Å². The van der Waals surface area contributed by atoms with Crippen LogP contribution in [0.2, 0.25) is 0 Å². The first-order valence-electron chi connectivity index (χ1n) is 5.15. The van der Waals surface area contributed by atoms with E-state index in [1.54, 1.807) is 13.0 Å². The molecule has 0 heterocycles. The second kappa shape index (κ2) is 5.67. The lowest BCUT2D eigenvalue weighted by Crippen LogP contribution is -2.15. The van der Waals surface area contributed by atoms with Gasteiger partial charge in [0.2, 0.25) is 0 Å². The Bertz CT molecular complexity index is 413. The van der Waals surface area contributed by atoms with Gasteiger partial charge in [-0.3, -0.25) is 4.79 Å². The fourth-order valence-electron chi connectivity index (χ4n) is 1.68. The molecule has 1 aromatic rings. The molecule has 0 unspecified atom stereocenters. The van der Waals surface area contributed by atoms with Crippen molar-refractivity contribution in [2.75, 3.05) is 5.33 Å². The van der Waals surface area contributed by atoms with Gasteiger partial charge >= 0.3 is 6.18 Å². The maximum atomic E-state index is 12.8. The van der Waals surface area contributed by atoms with Gasteiger partial charge in [-0.25, -0.2) is 0 Å². The summed E-state index contributed by atoms with van der Waals surface area (Å²) in [7, 11) is 0. The third-order valence-corrected chi connectivity index (χ3v) is 3.11. The molecule has 0 amide bonds. The van der Waals surface area contributed by atoms with E-state index in [0.29, 0.717) is 12.0 Å². The molecule has 0 bridgehead atoms. The molecule has 0 saturated heterocycles. The number of rotatable bonds is 4. The van der Waals surface area contributed by atoms with Crippen molar-refractivity contribution >= 4 is 21.7 Å². The van der Waals surface area contributed by atoms with Gasteiger partial charge in [-0.1, -0.05) is 35.0 Å². The fourth-order valence-corrected chi connectivity index (χ4v) is 1.88. The Labute approximate surface area is 106 Å². The van der Waals surface area contributed by atoms with Crippen LogP contribution < -0.4 is 0 Å².